The lowest BCUT2D eigenvalue weighted by Crippen LogP contribution is -2.33. The molecule has 0 saturated carbocycles. The van der Waals surface area contributed by atoms with Crippen LogP contribution in [-0.4, -0.2) is 57.8 Å². The van der Waals surface area contributed by atoms with Crippen molar-refractivity contribution in [2.45, 2.75) is 24.9 Å². The number of aliphatic hydroxyl groups is 2. The fourth-order valence-electron chi connectivity index (χ4n) is 3.27. The van der Waals surface area contributed by atoms with E-state index in [4.69, 9.17) is 14.2 Å². The van der Waals surface area contributed by atoms with E-state index in [0.29, 0.717) is 22.0 Å². The molecule has 0 spiro atoms. The van der Waals surface area contributed by atoms with Crippen molar-refractivity contribution in [1.29, 1.82) is 0 Å². The van der Waals surface area contributed by atoms with Gasteiger partial charge < -0.3 is 24.4 Å². The lowest BCUT2D eigenvalue weighted by Gasteiger charge is -2.14. The maximum atomic E-state index is 12.5. The molecular weight excluding hydrogens is 402 g/mol. The van der Waals surface area contributed by atoms with E-state index in [9.17, 15) is 19.8 Å². The molecule has 0 unspecified atom stereocenters. The molecular formula is C18H19N3O7S. The van der Waals surface area contributed by atoms with E-state index in [-0.39, 0.29) is 18.6 Å². The normalized spacial score (nSPS) is 21.6. The van der Waals surface area contributed by atoms with Crippen LogP contribution in [0, 0.1) is 0 Å². The number of hydrogen-bond acceptors (Lipinski definition) is 9. The summed E-state index contributed by atoms with van der Waals surface area (Å²) in [4.78, 5) is 31.5. The first kappa shape index (κ1) is 19.6. The van der Waals surface area contributed by atoms with E-state index in [1.54, 1.807) is 19.2 Å². The number of nitrogens with one attached hydrogen (secondary N) is 1. The standard InChI is InChI=1S/C18H19N3O7S/c1-26-8-3-11(27-2)15-13(4-8)29-17(19-15)9-6-21(18(25)20-16(9)24)14-5-10(23)12(7-22)28-14/h3-4,6,10,12,14,22-23H,5,7H2,1-2H3,(H,20,24,25)/t10-,12+,14+/m0/s1. The third-order valence-corrected chi connectivity index (χ3v) is 5.82. The molecule has 3 atom stereocenters. The van der Waals surface area contributed by atoms with Crippen LogP contribution >= 0.6 is 11.3 Å². The summed E-state index contributed by atoms with van der Waals surface area (Å²) in [6, 6.07) is 3.48. The molecule has 3 heterocycles. The van der Waals surface area contributed by atoms with Gasteiger partial charge in [-0.3, -0.25) is 14.3 Å². The van der Waals surface area contributed by atoms with Gasteiger partial charge in [0.1, 0.15) is 34.4 Å². The Hall–Kier alpha value is -2.73. The summed E-state index contributed by atoms with van der Waals surface area (Å²) in [7, 11) is 3.05. The Morgan fingerprint density at radius 1 is 1.34 bits per heavy atom. The average Bonchev–Trinajstić information content (AvgIpc) is 3.30. The molecule has 0 amide bonds. The Kier molecular flexibility index (Phi) is 5.13. The minimum absolute atomic E-state index is 0.113. The summed E-state index contributed by atoms with van der Waals surface area (Å²) in [5.41, 5.74) is -0.515. The molecule has 1 aliphatic rings. The highest BCUT2D eigenvalue weighted by molar-refractivity contribution is 7.21. The number of nitrogens with zero attached hydrogens (tertiary/aromatic N) is 2. The maximum absolute atomic E-state index is 12.5. The lowest BCUT2D eigenvalue weighted by molar-refractivity contribution is -0.0458. The molecule has 10 nitrogen and oxygen atoms in total. The van der Waals surface area contributed by atoms with Crippen molar-refractivity contribution in [1.82, 2.24) is 14.5 Å². The quantitative estimate of drug-likeness (QED) is 0.541. The molecule has 4 rings (SSSR count). The molecule has 3 N–H and O–H groups in total. The van der Waals surface area contributed by atoms with Crippen LogP contribution in [0.1, 0.15) is 12.6 Å². The lowest BCUT2D eigenvalue weighted by atomic mass is 10.2. The number of thiazole rings is 1. The summed E-state index contributed by atoms with van der Waals surface area (Å²) in [5.74, 6) is 1.09. The van der Waals surface area contributed by atoms with Gasteiger partial charge in [0.15, 0.2) is 0 Å². The van der Waals surface area contributed by atoms with Crippen molar-refractivity contribution >= 4 is 21.6 Å². The molecule has 154 valence electrons. The SMILES string of the molecule is COc1cc(OC)c2nc(-c3cn([C@H]4C[C@H](O)[C@@H](CO)O4)c(=O)[nH]c3=O)sc2c1. The van der Waals surface area contributed by atoms with Gasteiger partial charge in [0.05, 0.1) is 37.2 Å². The summed E-state index contributed by atoms with van der Waals surface area (Å²) in [6.07, 6.45) is -1.04. The fraction of sp³-hybridized carbons (Fsp3) is 0.389. The second-order valence-electron chi connectivity index (χ2n) is 6.52. The number of methoxy groups -OCH3 is 2. The first-order valence-corrected chi connectivity index (χ1v) is 9.59. The molecule has 1 aromatic carbocycles. The van der Waals surface area contributed by atoms with Crippen LogP contribution in [0.3, 0.4) is 0 Å². The Labute approximate surface area is 167 Å². The van der Waals surface area contributed by atoms with Crippen LogP contribution in [0.5, 0.6) is 11.5 Å². The zero-order valence-electron chi connectivity index (χ0n) is 15.6. The van der Waals surface area contributed by atoms with Crippen molar-refractivity contribution in [2.24, 2.45) is 0 Å². The van der Waals surface area contributed by atoms with Crippen LogP contribution in [0.25, 0.3) is 20.8 Å². The van der Waals surface area contributed by atoms with Gasteiger partial charge in [0, 0.05) is 18.7 Å². The predicted octanol–water partition coefficient (Wildman–Crippen LogP) is 0.471. The van der Waals surface area contributed by atoms with E-state index < -0.39 is 29.7 Å². The third-order valence-electron chi connectivity index (χ3n) is 4.78. The molecule has 1 fully saturated rings. The van der Waals surface area contributed by atoms with Gasteiger partial charge in [-0.05, 0) is 6.07 Å². The van der Waals surface area contributed by atoms with Crippen molar-refractivity contribution in [3.05, 3.63) is 39.2 Å². The number of hydrogen-bond donors (Lipinski definition) is 3. The molecule has 0 bridgehead atoms. The zero-order chi connectivity index (χ0) is 20.7. The van der Waals surface area contributed by atoms with E-state index in [1.807, 2.05) is 0 Å². The summed E-state index contributed by atoms with van der Waals surface area (Å²) < 4.78 is 18.1. The monoisotopic (exact) mass is 421 g/mol. The molecule has 2 aromatic heterocycles. The van der Waals surface area contributed by atoms with E-state index >= 15 is 0 Å². The molecule has 0 aliphatic carbocycles. The van der Waals surface area contributed by atoms with Gasteiger partial charge in [0.2, 0.25) is 0 Å². The Morgan fingerprint density at radius 2 is 2.14 bits per heavy atom. The highest BCUT2D eigenvalue weighted by Crippen LogP contribution is 2.37. The van der Waals surface area contributed by atoms with Gasteiger partial charge in [-0.25, -0.2) is 9.78 Å². The Morgan fingerprint density at radius 3 is 2.79 bits per heavy atom. The molecule has 1 aliphatic heterocycles. The Balaban J connectivity index is 1.81. The second kappa shape index (κ2) is 7.59. The number of benzene rings is 1. The summed E-state index contributed by atoms with van der Waals surface area (Å²) in [5, 5.41) is 19.6. The van der Waals surface area contributed by atoms with E-state index in [2.05, 4.69) is 9.97 Å². The Bertz CT molecular complexity index is 1170. The maximum Gasteiger partial charge on any atom is 0.330 e. The molecule has 11 heteroatoms. The second-order valence-corrected chi connectivity index (χ2v) is 7.55. The number of H-pyrrole nitrogens is 1. The number of aliphatic hydroxyl groups excluding tert-OH is 2. The molecule has 3 aromatic rings. The number of fused-ring (bicyclic) bond motifs is 1. The highest BCUT2D eigenvalue weighted by Gasteiger charge is 2.35. The molecule has 1 saturated heterocycles. The number of aromatic amines is 1. The minimum atomic E-state index is -0.911. The van der Waals surface area contributed by atoms with Crippen molar-refractivity contribution < 1.29 is 24.4 Å². The van der Waals surface area contributed by atoms with Crippen LogP contribution in [-0.2, 0) is 4.74 Å². The highest BCUT2D eigenvalue weighted by atomic mass is 32.1. The molecule has 29 heavy (non-hydrogen) atoms. The smallest absolute Gasteiger partial charge is 0.330 e. The topological polar surface area (TPSA) is 136 Å². The fourth-order valence-corrected chi connectivity index (χ4v) is 4.28. The number of ether oxygens (including phenoxy) is 3. The first-order chi connectivity index (χ1) is 13.9. The van der Waals surface area contributed by atoms with Gasteiger partial charge >= 0.3 is 5.69 Å². The number of aromatic nitrogens is 3. The number of rotatable bonds is 5. The summed E-state index contributed by atoms with van der Waals surface area (Å²) in [6.45, 7) is -0.373. The van der Waals surface area contributed by atoms with Crippen LogP contribution in [0.4, 0.5) is 0 Å². The van der Waals surface area contributed by atoms with Crippen molar-refractivity contribution in [3.8, 4) is 22.1 Å². The summed E-state index contributed by atoms with van der Waals surface area (Å²) >= 11 is 1.25. The zero-order valence-corrected chi connectivity index (χ0v) is 16.4. The van der Waals surface area contributed by atoms with Gasteiger partial charge in [-0.15, -0.1) is 11.3 Å². The predicted molar refractivity (Wildman–Crippen MR) is 105 cm³/mol. The minimum Gasteiger partial charge on any atom is -0.497 e. The van der Waals surface area contributed by atoms with Gasteiger partial charge in [-0.2, -0.15) is 0 Å². The third kappa shape index (κ3) is 3.42. The van der Waals surface area contributed by atoms with E-state index in [1.165, 1.54) is 29.2 Å². The van der Waals surface area contributed by atoms with Crippen molar-refractivity contribution in [2.75, 3.05) is 20.8 Å². The van der Waals surface area contributed by atoms with Gasteiger partial charge in [-0.1, -0.05) is 0 Å². The van der Waals surface area contributed by atoms with E-state index in [0.717, 1.165) is 4.70 Å². The van der Waals surface area contributed by atoms with Crippen LogP contribution < -0.4 is 20.7 Å². The largest absolute Gasteiger partial charge is 0.497 e. The van der Waals surface area contributed by atoms with Crippen LogP contribution in [0.15, 0.2) is 27.9 Å². The van der Waals surface area contributed by atoms with Crippen LogP contribution in [0.2, 0.25) is 0 Å². The first-order valence-electron chi connectivity index (χ1n) is 8.78. The van der Waals surface area contributed by atoms with Crippen molar-refractivity contribution in [3.63, 3.8) is 0 Å². The van der Waals surface area contributed by atoms with Gasteiger partial charge in [0.25, 0.3) is 5.56 Å². The average molecular weight is 421 g/mol. The molecule has 0 radical (unpaired) electrons.